The van der Waals surface area contributed by atoms with E-state index in [1.54, 1.807) is 13.1 Å². The molecule has 0 fully saturated rings. The maximum Gasteiger partial charge on any atom is 0.416 e. The molecule has 0 saturated carbocycles. The van der Waals surface area contributed by atoms with Crippen molar-refractivity contribution in [1.82, 2.24) is 15.1 Å². The summed E-state index contributed by atoms with van der Waals surface area (Å²) in [5.74, 6) is 0.0698. The molecule has 1 aromatic heterocycles. The van der Waals surface area contributed by atoms with E-state index in [-0.39, 0.29) is 19.1 Å². The van der Waals surface area contributed by atoms with Crippen LogP contribution in [0.15, 0.2) is 42.7 Å². The standard InChI is InChI=1S/C15H14F3N3O2/c1-21(14(22)11-6-7-19-20-10-11)8-9-23-13-4-2-12(3-5-13)15(16,17)18/h2-7,10H,8-9H2,1H3. The Labute approximate surface area is 130 Å². The first-order chi connectivity index (χ1) is 10.9. The lowest BCUT2D eigenvalue weighted by molar-refractivity contribution is -0.137. The molecule has 0 atom stereocenters. The topological polar surface area (TPSA) is 55.3 Å². The Kier molecular flexibility index (Phi) is 5.15. The molecule has 0 N–H and O–H groups in total. The molecule has 0 radical (unpaired) electrons. The second-order valence-electron chi connectivity index (χ2n) is 4.73. The molecule has 0 aliphatic heterocycles. The van der Waals surface area contributed by atoms with Crippen molar-refractivity contribution < 1.29 is 22.7 Å². The molecular formula is C15H14F3N3O2. The maximum atomic E-state index is 12.4. The summed E-state index contributed by atoms with van der Waals surface area (Å²) in [6.07, 6.45) is -1.60. The zero-order chi connectivity index (χ0) is 16.9. The Hall–Kier alpha value is -2.64. The lowest BCUT2D eigenvalue weighted by atomic mass is 10.2. The van der Waals surface area contributed by atoms with Gasteiger partial charge in [0.2, 0.25) is 0 Å². The Bertz CT molecular complexity index is 645. The molecule has 2 aromatic rings. The van der Waals surface area contributed by atoms with Crippen molar-refractivity contribution in [2.75, 3.05) is 20.2 Å². The van der Waals surface area contributed by atoms with Crippen LogP contribution in [-0.2, 0) is 6.18 Å². The van der Waals surface area contributed by atoms with Crippen LogP contribution in [0.5, 0.6) is 5.75 Å². The van der Waals surface area contributed by atoms with E-state index in [4.69, 9.17) is 4.74 Å². The van der Waals surface area contributed by atoms with Gasteiger partial charge >= 0.3 is 6.18 Å². The Balaban J connectivity index is 1.84. The van der Waals surface area contributed by atoms with Crippen LogP contribution in [-0.4, -0.2) is 41.2 Å². The number of ether oxygens (including phenoxy) is 1. The number of aromatic nitrogens is 2. The zero-order valence-corrected chi connectivity index (χ0v) is 12.2. The molecule has 0 spiro atoms. The molecule has 0 unspecified atom stereocenters. The number of amides is 1. The smallest absolute Gasteiger partial charge is 0.416 e. The van der Waals surface area contributed by atoms with E-state index in [0.717, 1.165) is 12.1 Å². The fourth-order valence-electron chi connectivity index (χ4n) is 1.78. The minimum Gasteiger partial charge on any atom is -0.492 e. The van der Waals surface area contributed by atoms with E-state index >= 15 is 0 Å². The molecule has 1 amide bonds. The van der Waals surface area contributed by atoms with Gasteiger partial charge < -0.3 is 9.64 Å². The van der Waals surface area contributed by atoms with Crippen molar-refractivity contribution in [3.63, 3.8) is 0 Å². The van der Waals surface area contributed by atoms with Crippen LogP contribution in [0.1, 0.15) is 15.9 Å². The van der Waals surface area contributed by atoms with Gasteiger partial charge in [-0.1, -0.05) is 0 Å². The van der Waals surface area contributed by atoms with Crippen LogP contribution >= 0.6 is 0 Å². The first-order valence-corrected chi connectivity index (χ1v) is 6.70. The first kappa shape index (κ1) is 16.7. The second-order valence-corrected chi connectivity index (χ2v) is 4.73. The molecule has 1 aromatic carbocycles. The van der Waals surface area contributed by atoms with Crippen LogP contribution in [0.4, 0.5) is 13.2 Å². The fraction of sp³-hybridized carbons (Fsp3) is 0.267. The second kappa shape index (κ2) is 7.08. The van der Waals surface area contributed by atoms with Gasteiger partial charge in [-0.2, -0.15) is 23.4 Å². The number of alkyl halides is 3. The van der Waals surface area contributed by atoms with Crippen molar-refractivity contribution in [1.29, 1.82) is 0 Å². The summed E-state index contributed by atoms with van der Waals surface area (Å²) in [6.45, 7) is 0.439. The van der Waals surface area contributed by atoms with Crippen LogP contribution in [0.3, 0.4) is 0 Å². The first-order valence-electron chi connectivity index (χ1n) is 6.70. The van der Waals surface area contributed by atoms with E-state index in [2.05, 4.69) is 10.2 Å². The molecule has 23 heavy (non-hydrogen) atoms. The summed E-state index contributed by atoms with van der Waals surface area (Å²) in [5.41, 5.74) is -0.334. The average molecular weight is 325 g/mol. The minimum absolute atomic E-state index is 0.159. The molecule has 0 bridgehead atoms. The van der Waals surface area contributed by atoms with Gasteiger partial charge in [0.05, 0.1) is 30.1 Å². The van der Waals surface area contributed by atoms with Crippen molar-refractivity contribution in [2.24, 2.45) is 0 Å². The Morgan fingerprint density at radius 2 is 1.87 bits per heavy atom. The average Bonchev–Trinajstić information content (AvgIpc) is 2.54. The molecule has 122 valence electrons. The van der Waals surface area contributed by atoms with Gasteiger partial charge in [0.1, 0.15) is 12.4 Å². The predicted octanol–water partition coefficient (Wildman–Crippen LogP) is 2.65. The van der Waals surface area contributed by atoms with Crippen LogP contribution in [0, 0.1) is 0 Å². The highest BCUT2D eigenvalue weighted by Crippen LogP contribution is 2.30. The van der Waals surface area contributed by atoms with Crippen molar-refractivity contribution >= 4 is 5.91 Å². The highest BCUT2D eigenvalue weighted by molar-refractivity contribution is 5.93. The van der Waals surface area contributed by atoms with Crippen LogP contribution < -0.4 is 4.74 Å². The molecule has 8 heteroatoms. The monoisotopic (exact) mass is 325 g/mol. The summed E-state index contributed by atoms with van der Waals surface area (Å²) in [5, 5.41) is 7.21. The van der Waals surface area contributed by atoms with Gasteiger partial charge in [-0.25, -0.2) is 0 Å². The summed E-state index contributed by atoms with van der Waals surface area (Å²) in [7, 11) is 1.60. The van der Waals surface area contributed by atoms with E-state index in [0.29, 0.717) is 11.3 Å². The third kappa shape index (κ3) is 4.67. The molecule has 0 aliphatic carbocycles. The lowest BCUT2D eigenvalue weighted by Crippen LogP contribution is -2.31. The summed E-state index contributed by atoms with van der Waals surface area (Å²) in [6, 6.07) is 5.94. The normalized spacial score (nSPS) is 11.1. The number of carbonyl (C=O) groups is 1. The summed E-state index contributed by atoms with van der Waals surface area (Å²) >= 11 is 0. The molecule has 1 heterocycles. The van der Waals surface area contributed by atoms with Gasteiger partial charge in [-0.3, -0.25) is 4.79 Å². The summed E-state index contributed by atoms with van der Waals surface area (Å²) in [4.78, 5) is 13.5. The van der Waals surface area contributed by atoms with Gasteiger partial charge in [0.15, 0.2) is 0 Å². The van der Waals surface area contributed by atoms with E-state index < -0.39 is 11.7 Å². The van der Waals surface area contributed by atoms with Gasteiger partial charge in [-0.15, -0.1) is 0 Å². The number of hydrogen-bond acceptors (Lipinski definition) is 4. The number of carbonyl (C=O) groups excluding carboxylic acids is 1. The SMILES string of the molecule is CN(CCOc1ccc(C(F)(F)F)cc1)C(=O)c1ccnnc1. The highest BCUT2D eigenvalue weighted by Gasteiger charge is 2.30. The number of halogens is 3. The third-order valence-electron chi connectivity index (χ3n) is 3.05. The number of rotatable bonds is 5. The van der Waals surface area contributed by atoms with Crippen molar-refractivity contribution in [2.45, 2.75) is 6.18 Å². The minimum atomic E-state index is -4.37. The van der Waals surface area contributed by atoms with Crippen molar-refractivity contribution in [3.8, 4) is 5.75 Å². The molecule has 2 rings (SSSR count). The number of likely N-dealkylation sites (N-methyl/N-ethyl adjacent to an activating group) is 1. The Morgan fingerprint density at radius 1 is 1.17 bits per heavy atom. The molecule has 5 nitrogen and oxygen atoms in total. The summed E-state index contributed by atoms with van der Waals surface area (Å²) < 4.78 is 42.6. The third-order valence-corrected chi connectivity index (χ3v) is 3.05. The van der Waals surface area contributed by atoms with Crippen LogP contribution in [0.2, 0.25) is 0 Å². The lowest BCUT2D eigenvalue weighted by Gasteiger charge is -2.17. The van der Waals surface area contributed by atoms with Crippen molar-refractivity contribution in [3.05, 3.63) is 53.9 Å². The number of hydrogen-bond donors (Lipinski definition) is 0. The molecule has 0 saturated heterocycles. The van der Waals surface area contributed by atoms with Gasteiger partial charge in [0.25, 0.3) is 5.91 Å². The number of nitrogens with zero attached hydrogens (tertiary/aromatic N) is 3. The maximum absolute atomic E-state index is 12.4. The van der Waals surface area contributed by atoms with Gasteiger partial charge in [-0.05, 0) is 30.3 Å². The Morgan fingerprint density at radius 3 is 2.43 bits per heavy atom. The largest absolute Gasteiger partial charge is 0.492 e. The molecular weight excluding hydrogens is 311 g/mol. The van der Waals surface area contributed by atoms with Gasteiger partial charge in [0, 0.05) is 7.05 Å². The molecule has 0 aliphatic rings. The van der Waals surface area contributed by atoms with Crippen LogP contribution in [0.25, 0.3) is 0 Å². The highest BCUT2D eigenvalue weighted by atomic mass is 19.4. The predicted molar refractivity (Wildman–Crippen MR) is 75.9 cm³/mol. The van der Waals surface area contributed by atoms with E-state index in [1.165, 1.54) is 29.4 Å². The zero-order valence-electron chi connectivity index (χ0n) is 12.2. The fourth-order valence-corrected chi connectivity index (χ4v) is 1.78. The van der Waals surface area contributed by atoms with E-state index in [9.17, 15) is 18.0 Å². The quantitative estimate of drug-likeness (QED) is 0.848. The number of benzene rings is 1. The van der Waals surface area contributed by atoms with E-state index in [1.807, 2.05) is 0 Å².